The molecule has 0 fully saturated rings. The number of hydrogen-bond donors (Lipinski definition) is 1. The lowest BCUT2D eigenvalue weighted by atomic mass is 10.1. The molecule has 11 heteroatoms. The van der Waals surface area contributed by atoms with E-state index in [9.17, 15) is 26.4 Å². The maximum Gasteiger partial charge on any atom is 0.416 e. The largest absolute Gasteiger partial charge is 0.416 e. The van der Waals surface area contributed by atoms with Gasteiger partial charge in [0.25, 0.3) is 0 Å². The summed E-state index contributed by atoms with van der Waals surface area (Å²) in [5, 5.41) is 5.87. The van der Waals surface area contributed by atoms with E-state index in [2.05, 4.69) is 15.0 Å². The van der Waals surface area contributed by atoms with Crippen LogP contribution in [-0.4, -0.2) is 36.9 Å². The third-order valence-corrected chi connectivity index (χ3v) is 5.62. The summed E-state index contributed by atoms with van der Waals surface area (Å²) in [4.78, 5) is 11.7. The first kappa shape index (κ1) is 21.9. The third kappa shape index (κ3) is 5.80. The van der Waals surface area contributed by atoms with E-state index in [0.29, 0.717) is 12.5 Å². The van der Waals surface area contributed by atoms with Crippen LogP contribution in [0.25, 0.3) is 0 Å². The number of sulfonamides is 1. The summed E-state index contributed by atoms with van der Waals surface area (Å²) in [5.41, 5.74) is -1.08. The summed E-state index contributed by atoms with van der Waals surface area (Å²) in [5.74, 6) is -0.462. The molecule has 1 N–H and O–H groups in total. The Bertz CT molecular complexity index is 897. The second-order valence-electron chi connectivity index (χ2n) is 6.48. The first-order chi connectivity index (χ1) is 13.0. The number of aromatic nitrogens is 1. The van der Waals surface area contributed by atoms with Crippen molar-refractivity contribution in [1.29, 1.82) is 0 Å². The lowest BCUT2D eigenvalue weighted by Gasteiger charge is -2.23. The first-order valence-corrected chi connectivity index (χ1v) is 9.82. The summed E-state index contributed by atoms with van der Waals surface area (Å²) >= 11 is 0. The van der Waals surface area contributed by atoms with Crippen molar-refractivity contribution in [1.82, 2.24) is 9.46 Å². The zero-order valence-electron chi connectivity index (χ0n) is 15.2. The Hall–Kier alpha value is -2.40. The molecule has 1 amide bonds. The van der Waals surface area contributed by atoms with Crippen LogP contribution >= 0.6 is 0 Å². The van der Waals surface area contributed by atoms with Crippen molar-refractivity contribution in [3.63, 3.8) is 0 Å². The van der Waals surface area contributed by atoms with Crippen LogP contribution in [-0.2, 0) is 21.0 Å². The molecule has 0 aliphatic heterocycles. The molecule has 0 bridgehead atoms. The van der Waals surface area contributed by atoms with Gasteiger partial charge in [0, 0.05) is 12.6 Å². The van der Waals surface area contributed by atoms with E-state index in [-0.39, 0.29) is 18.3 Å². The highest BCUT2D eigenvalue weighted by Crippen LogP contribution is 2.31. The van der Waals surface area contributed by atoms with Crippen molar-refractivity contribution < 1.29 is 30.9 Å². The van der Waals surface area contributed by atoms with Gasteiger partial charge in [0.1, 0.15) is 6.26 Å². The van der Waals surface area contributed by atoms with Gasteiger partial charge in [-0.3, -0.25) is 4.79 Å². The van der Waals surface area contributed by atoms with Crippen LogP contribution < -0.4 is 5.32 Å². The van der Waals surface area contributed by atoms with E-state index in [1.807, 2.05) is 13.8 Å². The van der Waals surface area contributed by atoms with Gasteiger partial charge < -0.3 is 9.84 Å². The maximum absolute atomic E-state index is 12.9. The molecule has 0 saturated heterocycles. The minimum absolute atomic E-state index is 0.0253. The summed E-state index contributed by atoms with van der Waals surface area (Å²) in [6.07, 6.45) is -3.03. The molecule has 2 aromatic rings. The highest BCUT2D eigenvalue weighted by atomic mass is 32.2. The van der Waals surface area contributed by atoms with Gasteiger partial charge in [-0.1, -0.05) is 25.1 Å². The zero-order valence-corrected chi connectivity index (χ0v) is 16.0. The number of nitrogens with zero attached hydrogens (tertiary/aromatic N) is 2. The Morgan fingerprint density at radius 3 is 2.57 bits per heavy atom. The van der Waals surface area contributed by atoms with Crippen LogP contribution in [0, 0.1) is 5.92 Å². The smallest absolute Gasteiger partial charge is 0.363 e. The van der Waals surface area contributed by atoms with E-state index in [0.717, 1.165) is 22.5 Å². The fraction of sp³-hybridized carbons (Fsp3) is 0.412. The molecular weight excluding hydrogens is 399 g/mol. The van der Waals surface area contributed by atoms with Crippen LogP contribution in [0.3, 0.4) is 0 Å². The van der Waals surface area contributed by atoms with Gasteiger partial charge in [-0.15, -0.1) is 0 Å². The standard InChI is InChI=1S/C17H20F3N3O4S/c1-12(2)6-8-23(11-16(24)21-15-7-9-27-22-15)28(25,26)14-5-3-4-13(10-14)17(18,19)20/h3-5,7,9-10,12H,6,8,11H2,1-2H3,(H,21,22,24). The second kappa shape index (κ2) is 8.74. The molecule has 0 atom stereocenters. The Balaban J connectivity index is 2.28. The van der Waals surface area contributed by atoms with E-state index < -0.39 is 39.1 Å². The number of halogens is 3. The van der Waals surface area contributed by atoms with E-state index in [4.69, 9.17) is 0 Å². The highest BCUT2D eigenvalue weighted by molar-refractivity contribution is 7.89. The fourth-order valence-corrected chi connectivity index (χ4v) is 3.75. The van der Waals surface area contributed by atoms with Crippen LogP contribution in [0.1, 0.15) is 25.8 Å². The molecule has 0 aliphatic rings. The Labute approximate surface area is 160 Å². The van der Waals surface area contributed by atoms with Gasteiger partial charge in [-0.25, -0.2) is 8.42 Å². The van der Waals surface area contributed by atoms with Crippen LogP contribution in [0.2, 0.25) is 0 Å². The molecule has 1 aromatic carbocycles. The quantitative estimate of drug-likeness (QED) is 0.708. The van der Waals surface area contributed by atoms with Gasteiger partial charge >= 0.3 is 6.18 Å². The van der Waals surface area contributed by atoms with E-state index in [1.165, 1.54) is 12.3 Å². The predicted molar refractivity (Wildman–Crippen MR) is 94.8 cm³/mol. The SMILES string of the molecule is CC(C)CCN(CC(=O)Nc1ccon1)S(=O)(=O)c1cccc(C(F)(F)F)c1. The summed E-state index contributed by atoms with van der Waals surface area (Å²) in [6.45, 7) is 3.13. The van der Waals surface area contributed by atoms with Crippen LogP contribution in [0.5, 0.6) is 0 Å². The lowest BCUT2D eigenvalue weighted by molar-refractivity contribution is -0.137. The molecule has 1 aromatic heterocycles. The number of rotatable bonds is 8. The number of carbonyl (C=O) groups is 1. The third-order valence-electron chi connectivity index (χ3n) is 3.78. The minimum Gasteiger partial charge on any atom is -0.363 e. The summed E-state index contributed by atoms with van der Waals surface area (Å²) in [6, 6.07) is 4.81. The number of hydrogen-bond acceptors (Lipinski definition) is 5. The van der Waals surface area contributed by atoms with E-state index in [1.54, 1.807) is 0 Å². The first-order valence-electron chi connectivity index (χ1n) is 8.38. The molecule has 1 heterocycles. The molecule has 0 aliphatic carbocycles. The number of amides is 1. The second-order valence-corrected chi connectivity index (χ2v) is 8.42. The molecule has 154 valence electrons. The van der Waals surface area contributed by atoms with Crippen molar-refractivity contribution in [3.05, 3.63) is 42.2 Å². The normalized spacial score (nSPS) is 12.5. The number of nitrogens with one attached hydrogen (secondary N) is 1. The molecule has 0 unspecified atom stereocenters. The van der Waals surface area contributed by atoms with Crippen molar-refractivity contribution in [2.45, 2.75) is 31.3 Å². The van der Waals surface area contributed by atoms with Crippen molar-refractivity contribution in [2.75, 3.05) is 18.4 Å². The molecular formula is C17H20F3N3O4S. The Kier molecular flexibility index (Phi) is 6.83. The highest BCUT2D eigenvalue weighted by Gasteiger charge is 2.33. The number of alkyl halides is 3. The number of benzene rings is 1. The number of anilines is 1. The molecule has 0 radical (unpaired) electrons. The Morgan fingerprint density at radius 2 is 2.00 bits per heavy atom. The summed E-state index contributed by atoms with van der Waals surface area (Å²) < 4.78 is 70.1. The summed E-state index contributed by atoms with van der Waals surface area (Å²) in [7, 11) is -4.32. The van der Waals surface area contributed by atoms with Crippen LogP contribution in [0.4, 0.5) is 19.0 Å². The predicted octanol–water partition coefficient (Wildman–Crippen LogP) is 3.37. The Morgan fingerprint density at radius 1 is 1.29 bits per heavy atom. The van der Waals surface area contributed by atoms with Gasteiger partial charge in [-0.2, -0.15) is 17.5 Å². The van der Waals surface area contributed by atoms with Crippen molar-refractivity contribution >= 4 is 21.7 Å². The minimum atomic E-state index is -4.68. The van der Waals surface area contributed by atoms with Gasteiger partial charge in [0.05, 0.1) is 17.0 Å². The molecule has 0 saturated carbocycles. The van der Waals surface area contributed by atoms with Gasteiger partial charge in [0.2, 0.25) is 15.9 Å². The zero-order chi connectivity index (χ0) is 20.9. The average molecular weight is 419 g/mol. The van der Waals surface area contributed by atoms with Crippen LogP contribution in [0.15, 0.2) is 46.0 Å². The van der Waals surface area contributed by atoms with Crippen molar-refractivity contribution in [2.24, 2.45) is 5.92 Å². The van der Waals surface area contributed by atoms with Gasteiger partial charge in [-0.05, 0) is 30.5 Å². The number of carbonyl (C=O) groups excluding carboxylic acids is 1. The molecule has 0 spiro atoms. The lowest BCUT2D eigenvalue weighted by Crippen LogP contribution is -2.39. The molecule has 7 nitrogen and oxygen atoms in total. The van der Waals surface area contributed by atoms with Crippen molar-refractivity contribution in [3.8, 4) is 0 Å². The average Bonchev–Trinajstić information content (AvgIpc) is 3.10. The maximum atomic E-state index is 12.9. The topological polar surface area (TPSA) is 92.5 Å². The van der Waals surface area contributed by atoms with Gasteiger partial charge in [0.15, 0.2) is 5.82 Å². The van der Waals surface area contributed by atoms with E-state index >= 15 is 0 Å². The molecule has 2 rings (SSSR count). The fourth-order valence-electron chi connectivity index (χ4n) is 2.29. The monoisotopic (exact) mass is 419 g/mol. The molecule has 28 heavy (non-hydrogen) atoms.